The molecule has 0 fully saturated rings. The number of nitrogens with zero attached hydrogens (tertiary/aromatic N) is 2. The first-order valence-corrected chi connectivity index (χ1v) is 7.49. The Morgan fingerprint density at radius 3 is 2.76 bits per heavy atom. The van der Waals surface area contributed by atoms with Gasteiger partial charge in [-0.05, 0) is 44.5 Å². The number of nitrogens with one attached hydrogen (secondary N) is 1. The number of hydrogen-bond donors (Lipinski definition) is 1. The SMILES string of the molecule is CCOc1cc(/C=N\Nc2nc(C)c(C)s2)ccc1OC. The maximum absolute atomic E-state index is 5.53. The van der Waals surface area contributed by atoms with Crippen LogP contribution in [0.5, 0.6) is 11.5 Å². The predicted molar refractivity (Wildman–Crippen MR) is 87.0 cm³/mol. The summed E-state index contributed by atoms with van der Waals surface area (Å²) in [6, 6.07) is 5.68. The van der Waals surface area contributed by atoms with E-state index in [1.807, 2.05) is 39.0 Å². The van der Waals surface area contributed by atoms with Crippen molar-refractivity contribution in [3.63, 3.8) is 0 Å². The number of aryl methyl sites for hydroxylation is 2. The molecule has 5 nitrogen and oxygen atoms in total. The highest BCUT2D eigenvalue weighted by molar-refractivity contribution is 7.15. The Kier molecular flexibility index (Phi) is 5.16. The van der Waals surface area contributed by atoms with E-state index in [4.69, 9.17) is 9.47 Å². The molecule has 112 valence electrons. The first kappa shape index (κ1) is 15.3. The van der Waals surface area contributed by atoms with Crippen molar-refractivity contribution in [3.8, 4) is 11.5 Å². The summed E-state index contributed by atoms with van der Waals surface area (Å²) >= 11 is 1.59. The lowest BCUT2D eigenvalue weighted by atomic mass is 10.2. The van der Waals surface area contributed by atoms with Crippen LogP contribution >= 0.6 is 11.3 Å². The molecule has 2 rings (SSSR count). The van der Waals surface area contributed by atoms with E-state index in [-0.39, 0.29) is 0 Å². The summed E-state index contributed by atoms with van der Waals surface area (Å²) in [6.07, 6.45) is 1.73. The molecule has 1 heterocycles. The van der Waals surface area contributed by atoms with Crippen LogP contribution in [-0.2, 0) is 0 Å². The van der Waals surface area contributed by atoms with Crippen molar-refractivity contribution >= 4 is 22.7 Å². The van der Waals surface area contributed by atoms with Crippen LogP contribution in [0.4, 0.5) is 5.13 Å². The Bertz CT molecular complexity index is 618. The van der Waals surface area contributed by atoms with Crippen LogP contribution in [0.3, 0.4) is 0 Å². The van der Waals surface area contributed by atoms with Crippen LogP contribution in [-0.4, -0.2) is 24.9 Å². The highest BCUT2D eigenvalue weighted by Gasteiger charge is 2.04. The summed E-state index contributed by atoms with van der Waals surface area (Å²) in [5, 5.41) is 4.99. The van der Waals surface area contributed by atoms with Gasteiger partial charge in [-0.1, -0.05) is 0 Å². The van der Waals surface area contributed by atoms with Gasteiger partial charge in [0, 0.05) is 4.88 Å². The number of thiazole rings is 1. The molecule has 0 unspecified atom stereocenters. The Morgan fingerprint density at radius 2 is 2.14 bits per heavy atom. The van der Waals surface area contributed by atoms with Crippen LogP contribution < -0.4 is 14.9 Å². The Balaban J connectivity index is 2.08. The Hall–Kier alpha value is -2.08. The topological polar surface area (TPSA) is 55.7 Å². The van der Waals surface area contributed by atoms with E-state index in [2.05, 4.69) is 15.5 Å². The zero-order chi connectivity index (χ0) is 15.2. The number of methoxy groups -OCH3 is 1. The summed E-state index contributed by atoms with van der Waals surface area (Å²) in [6.45, 7) is 6.56. The third-order valence-electron chi connectivity index (χ3n) is 2.89. The molecule has 0 aliphatic heterocycles. The number of benzene rings is 1. The second-order valence-corrected chi connectivity index (χ2v) is 5.58. The first-order chi connectivity index (χ1) is 10.1. The normalized spacial score (nSPS) is 10.9. The maximum atomic E-state index is 5.53. The van der Waals surface area contributed by atoms with E-state index in [9.17, 15) is 0 Å². The molecular formula is C15H19N3O2S. The fourth-order valence-corrected chi connectivity index (χ4v) is 2.49. The molecule has 1 aromatic carbocycles. The van der Waals surface area contributed by atoms with Gasteiger partial charge in [-0.3, -0.25) is 5.43 Å². The minimum atomic E-state index is 0.590. The van der Waals surface area contributed by atoms with E-state index < -0.39 is 0 Å². The maximum Gasteiger partial charge on any atom is 0.203 e. The van der Waals surface area contributed by atoms with Gasteiger partial charge < -0.3 is 9.47 Å². The van der Waals surface area contributed by atoms with E-state index >= 15 is 0 Å². The molecule has 0 saturated carbocycles. The van der Waals surface area contributed by atoms with Crippen molar-refractivity contribution < 1.29 is 9.47 Å². The molecule has 0 amide bonds. The lowest BCUT2D eigenvalue weighted by Crippen LogP contribution is -1.97. The molecule has 0 bridgehead atoms. The van der Waals surface area contributed by atoms with Crippen molar-refractivity contribution in [2.45, 2.75) is 20.8 Å². The van der Waals surface area contributed by atoms with Gasteiger partial charge in [0.1, 0.15) is 0 Å². The standard InChI is InChI=1S/C15H19N3O2S/c1-5-20-14-8-12(6-7-13(14)19-4)9-16-18-15-17-10(2)11(3)21-15/h6-9H,5H2,1-4H3,(H,17,18)/b16-9-. The lowest BCUT2D eigenvalue weighted by molar-refractivity contribution is 0.311. The van der Waals surface area contributed by atoms with Gasteiger partial charge in [0.05, 0.1) is 25.6 Å². The largest absolute Gasteiger partial charge is 0.493 e. The molecule has 1 N–H and O–H groups in total. The fourth-order valence-electron chi connectivity index (χ4n) is 1.72. The second-order valence-electron chi connectivity index (χ2n) is 4.37. The third kappa shape index (κ3) is 3.95. The average Bonchev–Trinajstić information content (AvgIpc) is 2.78. The molecule has 0 atom stereocenters. The summed E-state index contributed by atoms with van der Waals surface area (Å²) in [5.41, 5.74) is 4.90. The van der Waals surface area contributed by atoms with Crippen molar-refractivity contribution in [3.05, 3.63) is 34.3 Å². The van der Waals surface area contributed by atoms with E-state index in [0.29, 0.717) is 18.1 Å². The Labute approximate surface area is 128 Å². The number of hydrogen-bond acceptors (Lipinski definition) is 6. The lowest BCUT2D eigenvalue weighted by Gasteiger charge is -2.09. The van der Waals surface area contributed by atoms with Gasteiger partial charge in [0.2, 0.25) is 5.13 Å². The Morgan fingerprint density at radius 1 is 1.33 bits per heavy atom. The molecule has 0 radical (unpaired) electrons. The number of hydrazone groups is 1. The molecule has 0 aliphatic rings. The molecule has 1 aromatic heterocycles. The fraction of sp³-hybridized carbons (Fsp3) is 0.333. The van der Waals surface area contributed by atoms with Crippen LogP contribution in [0, 0.1) is 13.8 Å². The van der Waals surface area contributed by atoms with Crippen molar-refractivity contribution in [1.82, 2.24) is 4.98 Å². The van der Waals surface area contributed by atoms with Crippen LogP contribution in [0.2, 0.25) is 0 Å². The molecule has 21 heavy (non-hydrogen) atoms. The molecule has 0 spiro atoms. The van der Waals surface area contributed by atoms with Gasteiger partial charge in [-0.25, -0.2) is 4.98 Å². The summed E-state index contributed by atoms with van der Waals surface area (Å²) in [5.74, 6) is 1.43. The van der Waals surface area contributed by atoms with Crippen LogP contribution in [0.1, 0.15) is 23.1 Å². The molecule has 0 saturated heterocycles. The van der Waals surface area contributed by atoms with Gasteiger partial charge >= 0.3 is 0 Å². The molecule has 6 heteroatoms. The summed E-state index contributed by atoms with van der Waals surface area (Å²) in [4.78, 5) is 5.56. The minimum Gasteiger partial charge on any atom is -0.493 e. The number of rotatable bonds is 6. The van der Waals surface area contributed by atoms with Crippen molar-refractivity contribution in [1.29, 1.82) is 0 Å². The monoisotopic (exact) mass is 305 g/mol. The van der Waals surface area contributed by atoms with Crippen LogP contribution in [0.15, 0.2) is 23.3 Å². The highest BCUT2D eigenvalue weighted by Crippen LogP contribution is 2.27. The highest BCUT2D eigenvalue weighted by atomic mass is 32.1. The average molecular weight is 305 g/mol. The smallest absolute Gasteiger partial charge is 0.203 e. The van der Waals surface area contributed by atoms with Crippen LogP contribution in [0.25, 0.3) is 0 Å². The molecule has 0 aliphatic carbocycles. The van der Waals surface area contributed by atoms with E-state index in [1.54, 1.807) is 24.7 Å². The van der Waals surface area contributed by atoms with Crippen molar-refractivity contribution in [2.75, 3.05) is 19.1 Å². The number of anilines is 1. The van der Waals surface area contributed by atoms with Gasteiger partial charge in [0.15, 0.2) is 11.5 Å². The zero-order valence-corrected chi connectivity index (χ0v) is 13.5. The summed E-state index contributed by atoms with van der Waals surface area (Å²) in [7, 11) is 1.63. The van der Waals surface area contributed by atoms with Gasteiger partial charge in [-0.15, -0.1) is 11.3 Å². The number of ether oxygens (including phenoxy) is 2. The van der Waals surface area contributed by atoms with E-state index in [1.165, 1.54) is 4.88 Å². The zero-order valence-electron chi connectivity index (χ0n) is 12.6. The molecular weight excluding hydrogens is 286 g/mol. The predicted octanol–water partition coefficient (Wildman–Crippen LogP) is 3.61. The van der Waals surface area contributed by atoms with Gasteiger partial charge in [0.25, 0.3) is 0 Å². The second kappa shape index (κ2) is 7.08. The minimum absolute atomic E-state index is 0.590. The number of aromatic nitrogens is 1. The third-order valence-corrected chi connectivity index (χ3v) is 3.87. The summed E-state index contributed by atoms with van der Waals surface area (Å²) < 4.78 is 10.8. The van der Waals surface area contributed by atoms with E-state index in [0.717, 1.165) is 16.4 Å². The van der Waals surface area contributed by atoms with Crippen molar-refractivity contribution in [2.24, 2.45) is 5.10 Å². The quantitative estimate of drug-likeness (QED) is 0.654. The first-order valence-electron chi connectivity index (χ1n) is 6.68. The van der Waals surface area contributed by atoms with Gasteiger partial charge in [-0.2, -0.15) is 5.10 Å². The molecule has 2 aromatic rings.